The summed E-state index contributed by atoms with van der Waals surface area (Å²) in [5, 5.41) is 13.0. The van der Waals surface area contributed by atoms with Crippen molar-refractivity contribution >= 4 is 25.9 Å². The van der Waals surface area contributed by atoms with Gasteiger partial charge < -0.3 is 5.11 Å². The van der Waals surface area contributed by atoms with Gasteiger partial charge in [0.15, 0.2) is 0 Å². The van der Waals surface area contributed by atoms with Crippen LogP contribution in [-0.2, 0) is 43.6 Å². The summed E-state index contributed by atoms with van der Waals surface area (Å²) in [6.07, 6.45) is 6.31. The van der Waals surface area contributed by atoms with E-state index in [0.717, 1.165) is 48.0 Å². The van der Waals surface area contributed by atoms with Crippen LogP contribution in [0.4, 0.5) is 0 Å². The molecule has 0 atom stereocenters. The molecule has 0 amide bonds. The number of aliphatic hydroxyl groups is 1. The Morgan fingerprint density at radius 2 is 1.62 bits per heavy atom. The van der Waals surface area contributed by atoms with Crippen LogP contribution in [0.15, 0.2) is 16.1 Å². The van der Waals surface area contributed by atoms with Crippen LogP contribution in [0.5, 0.6) is 0 Å². The maximum absolute atomic E-state index is 11.7. The van der Waals surface area contributed by atoms with Crippen molar-refractivity contribution in [3.8, 4) is 0 Å². The van der Waals surface area contributed by atoms with Crippen LogP contribution in [0.25, 0.3) is 0 Å². The zero-order chi connectivity index (χ0) is 24.5. The molecule has 1 aromatic rings. The minimum atomic E-state index is -3.50. The van der Waals surface area contributed by atoms with Gasteiger partial charge in [-0.2, -0.15) is 17.6 Å². The summed E-state index contributed by atoms with van der Waals surface area (Å²) in [7, 11) is -6.96. The van der Waals surface area contributed by atoms with Gasteiger partial charge in [0.2, 0.25) is 0 Å². The Labute approximate surface area is 192 Å². The summed E-state index contributed by atoms with van der Waals surface area (Å²) in [6.45, 7) is 9.07. The third-order valence-corrected chi connectivity index (χ3v) is 6.66. The Morgan fingerprint density at radius 1 is 0.969 bits per heavy atom. The summed E-state index contributed by atoms with van der Waals surface area (Å²) in [6, 6.07) is 0. The first-order valence-corrected chi connectivity index (χ1v) is 14.6. The fourth-order valence-corrected chi connectivity index (χ4v) is 4.94. The van der Waals surface area contributed by atoms with Gasteiger partial charge in [0.25, 0.3) is 20.1 Å². The van der Waals surface area contributed by atoms with E-state index in [1.165, 1.54) is 16.9 Å². The van der Waals surface area contributed by atoms with Crippen molar-refractivity contribution in [2.45, 2.75) is 66.2 Å². The summed E-state index contributed by atoms with van der Waals surface area (Å²) >= 11 is 0. The van der Waals surface area contributed by atoms with E-state index in [9.17, 15) is 16.8 Å². The molecule has 0 aliphatic carbocycles. The fourth-order valence-electron chi connectivity index (χ4n) is 3.67. The average molecular weight is 492 g/mol. The SMILES string of the molecule is CCC1=NCC(CC)=C1CCO.CCc1nn(S(C)(=O)=O)c(CC)c1CCOS(C)(=O)=O. The molecule has 32 heavy (non-hydrogen) atoms. The van der Waals surface area contributed by atoms with E-state index in [-0.39, 0.29) is 13.2 Å². The third-order valence-electron chi connectivity index (χ3n) is 5.13. The number of aliphatic imine (C=N–C) groups is 1. The number of hydrogen-bond donors (Lipinski definition) is 1. The molecule has 1 aliphatic heterocycles. The number of aromatic nitrogens is 2. The lowest BCUT2D eigenvalue weighted by atomic mass is 10.0. The van der Waals surface area contributed by atoms with E-state index >= 15 is 0 Å². The first kappa shape index (κ1) is 28.5. The lowest BCUT2D eigenvalue weighted by Gasteiger charge is -2.06. The van der Waals surface area contributed by atoms with Crippen molar-refractivity contribution in [1.82, 2.24) is 9.19 Å². The second kappa shape index (κ2) is 12.6. The summed E-state index contributed by atoms with van der Waals surface area (Å²) in [4.78, 5) is 4.44. The zero-order valence-corrected chi connectivity index (χ0v) is 21.6. The summed E-state index contributed by atoms with van der Waals surface area (Å²) in [5.74, 6) is 0. The van der Waals surface area contributed by atoms with Crippen molar-refractivity contribution < 1.29 is 26.1 Å². The standard InChI is InChI=1S/C11H20N2O5S2.C10H17NO/c1-5-10-9(7-8-18-20(4,16)17)11(6-2)13(12-10)19(3,14)15;1-3-8-7-11-10(4-2)9(8)5-6-12/h5-8H2,1-4H3;12H,3-7H2,1-2H3. The van der Waals surface area contributed by atoms with Crippen LogP contribution in [0, 0.1) is 0 Å². The van der Waals surface area contributed by atoms with Crippen molar-refractivity contribution in [3.05, 3.63) is 28.1 Å². The number of nitrogens with zero attached hydrogens (tertiary/aromatic N) is 3. The molecule has 0 bridgehead atoms. The predicted molar refractivity (Wildman–Crippen MR) is 127 cm³/mol. The van der Waals surface area contributed by atoms with Gasteiger partial charge in [0.05, 0.1) is 37.1 Å². The van der Waals surface area contributed by atoms with Gasteiger partial charge in [0.1, 0.15) is 0 Å². The first-order valence-electron chi connectivity index (χ1n) is 10.9. The Kier molecular flexibility index (Phi) is 11.2. The van der Waals surface area contributed by atoms with Gasteiger partial charge in [-0.25, -0.2) is 8.42 Å². The van der Waals surface area contributed by atoms with Gasteiger partial charge in [-0.05, 0) is 43.3 Å². The number of aliphatic hydroxyl groups excluding tert-OH is 1. The van der Waals surface area contributed by atoms with E-state index < -0.39 is 20.1 Å². The van der Waals surface area contributed by atoms with Gasteiger partial charge in [-0.3, -0.25) is 9.18 Å². The topological polar surface area (TPSA) is 128 Å². The molecule has 0 aromatic carbocycles. The monoisotopic (exact) mass is 491 g/mol. The van der Waals surface area contributed by atoms with Crippen molar-refractivity contribution in [1.29, 1.82) is 0 Å². The maximum atomic E-state index is 11.7. The molecule has 184 valence electrons. The lowest BCUT2D eigenvalue weighted by Crippen LogP contribution is -2.15. The minimum absolute atomic E-state index is 0.0196. The van der Waals surface area contributed by atoms with Crippen molar-refractivity contribution in [2.75, 3.05) is 32.3 Å². The molecule has 11 heteroatoms. The molecule has 0 fully saturated rings. The van der Waals surface area contributed by atoms with E-state index in [2.05, 4.69) is 23.9 Å². The number of aryl methyl sites for hydroxylation is 1. The zero-order valence-electron chi connectivity index (χ0n) is 20.0. The fraction of sp³-hybridized carbons (Fsp3) is 0.714. The highest BCUT2D eigenvalue weighted by Crippen LogP contribution is 2.22. The highest BCUT2D eigenvalue weighted by atomic mass is 32.2. The number of rotatable bonds is 11. The highest BCUT2D eigenvalue weighted by molar-refractivity contribution is 7.89. The van der Waals surface area contributed by atoms with Crippen LogP contribution in [0.1, 0.15) is 63.9 Å². The predicted octanol–water partition coefficient (Wildman–Crippen LogP) is 2.27. The Bertz CT molecular complexity index is 1040. The first-order chi connectivity index (χ1) is 14.9. The molecule has 1 N–H and O–H groups in total. The quantitative estimate of drug-likeness (QED) is 0.470. The maximum Gasteiger partial charge on any atom is 0.264 e. The van der Waals surface area contributed by atoms with E-state index in [1.807, 2.05) is 13.8 Å². The molecule has 0 unspecified atom stereocenters. The number of hydrogen-bond acceptors (Lipinski definition) is 8. The molecule has 1 aromatic heterocycles. The molecule has 2 rings (SSSR count). The lowest BCUT2D eigenvalue weighted by molar-refractivity contribution is 0.300. The van der Waals surface area contributed by atoms with Crippen LogP contribution in [-0.4, -0.2) is 69.1 Å². The molecule has 0 saturated heterocycles. The van der Waals surface area contributed by atoms with Gasteiger partial charge in [-0.15, -0.1) is 0 Å². The third kappa shape index (κ3) is 8.09. The normalized spacial score (nSPS) is 14.4. The Balaban J connectivity index is 0.000000363. The Hall–Kier alpha value is -1.56. The van der Waals surface area contributed by atoms with Crippen molar-refractivity contribution in [2.24, 2.45) is 4.99 Å². The smallest absolute Gasteiger partial charge is 0.264 e. The minimum Gasteiger partial charge on any atom is -0.396 e. The second-order valence-electron chi connectivity index (χ2n) is 7.49. The molecular formula is C21H37N3O6S2. The largest absolute Gasteiger partial charge is 0.396 e. The van der Waals surface area contributed by atoms with Crippen LogP contribution < -0.4 is 0 Å². The van der Waals surface area contributed by atoms with Gasteiger partial charge >= 0.3 is 0 Å². The van der Waals surface area contributed by atoms with Gasteiger partial charge in [0, 0.05) is 24.3 Å². The molecule has 0 saturated carbocycles. The van der Waals surface area contributed by atoms with E-state index in [4.69, 9.17) is 9.29 Å². The van der Waals surface area contributed by atoms with E-state index in [1.54, 1.807) is 0 Å². The second-order valence-corrected chi connectivity index (χ2v) is 10.9. The molecule has 9 nitrogen and oxygen atoms in total. The molecule has 2 heterocycles. The van der Waals surface area contributed by atoms with Crippen LogP contribution in [0.2, 0.25) is 0 Å². The average Bonchev–Trinajstić information content (AvgIpc) is 3.28. The summed E-state index contributed by atoms with van der Waals surface area (Å²) < 4.78 is 51.1. The highest BCUT2D eigenvalue weighted by Gasteiger charge is 2.21. The molecular weight excluding hydrogens is 454 g/mol. The van der Waals surface area contributed by atoms with Gasteiger partial charge in [-0.1, -0.05) is 27.7 Å². The van der Waals surface area contributed by atoms with Crippen molar-refractivity contribution in [3.63, 3.8) is 0 Å². The summed E-state index contributed by atoms with van der Waals surface area (Å²) in [5.41, 5.74) is 5.94. The molecule has 0 radical (unpaired) electrons. The van der Waals surface area contributed by atoms with E-state index in [0.29, 0.717) is 30.7 Å². The van der Waals surface area contributed by atoms with Crippen LogP contribution in [0.3, 0.4) is 0 Å². The van der Waals surface area contributed by atoms with Crippen LogP contribution >= 0.6 is 0 Å². The molecule has 1 aliphatic rings. The Morgan fingerprint density at radius 3 is 2.06 bits per heavy atom. The molecule has 0 spiro atoms.